The Morgan fingerprint density at radius 3 is 2.56 bits per heavy atom. The van der Waals surface area contributed by atoms with Gasteiger partial charge in [0.15, 0.2) is 0 Å². The Morgan fingerprint density at radius 2 is 2.00 bits per heavy atom. The zero-order valence-electron chi connectivity index (χ0n) is 9.63. The van der Waals surface area contributed by atoms with Crippen LogP contribution in [0.4, 0.5) is 4.39 Å². The number of rotatable bonds is 6. The van der Waals surface area contributed by atoms with Gasteiger partial charge in [0.25, 0.3) is 0 Å². The van der Waals surface area contributed by atoms with E-state index in [-0.39, 0.29) is 11.2 Å². The molecule has 0 heterocycles. The number of methoxy groups -OCH3 is 1. The molecule has 1 fully saturated rings. The molecule has 0 bridgehead atoms. The molecule has 0 aliphatic heterocycles. The first-order valence-electron chi connectivity index (χ1n) is 5.73. The molecule has 1 aliphatic rings. The summed E-state index contributed by atoms with van der Waals surface area (Å²) in [6.45, 7) is 2.57. The molecule has 2 nitrogen and oxygen atoms in total. The second kappa shape index (κ2) is 4.93. The van der Waals surface area contributed by atoms with Crippen molar-refractivity contribution in [2.45, 2.75) is 18.3 Å². The van der Waals surface area contributed by atoms with Crippen LogP contribution in [0.1, 0.15) is 18.4 Å². The molecule has 0 atom stereocenters. The fourth-order valence-corrected chi connectivity index (χ4v) is 2.02. The van der Waals surface area contributed by atoms with E-state index < -0.39 is 0 Å². The Hall–Kier alpha value is -0.930. The van der Waals surface area contributed by atoms with Gasteiger partial charge >= 0.3 is 0 Å². The van der Waals surface area contributed by atoms with Crippen molar-refractivity contribution in [1.29, 1.82) is 0 Å². The van der Waals surface area contributed by atoms with Gasteiger partial charge in [0.2, 0.25) is 0 Å². The first kappa shape index (κ1) is 11.6. The van der Waals surface area contributed by atoms with Gasteiger partial charge in [-0.25, -0.2) is 4.39 Å². The third-order valence-electron chi connectivity index (χ3n) is 3.26. The van der Waals surface area contributed by atoms with Crippen molar-refractivity contribution in [2.75, 3.05) is 26.8 Å². The Bertz CT molecular complexity index is 332. The Morgan fingerprint density at radius 1 is 1.31 bits per heavy atom. The Balaban J connectivity index is 1.90. The normalized spacial score (nSPS) is 17.4. The van der Waals surface area contributed by atoms with E-state index in [2.05, 4.69) is 5.32 Å². The summed E-state index contributed by atoms with van der Waals surface area (Å²) in [5.41, 5.74) is 1.50. The van der Waals surface area contributed by atoms with Crippen LogP contribution in [0.15, 0.2) is 24.3 Å². The first-order chi connectivity index (χ1) is 7.77. The Labute approximate surface area is 95.8 Å². The highest BCUT2D eigenvalue weighted by Crippen LogP contribution is 2.47. The van der Waals surface area contributed by atoms with Gasteiger partial charge in [-0.05, 0) is 30.5 Å². The third-order valence-corrected chi connectivity index (χ3v) is 3.26. The maximum absolute atomic E-state index is 12.8. The number of nitrogens with one attached hydrogen (secondary N) is 1. The van der Waals surface area contributed by atoms with E-state index in [9.17, 15) is 4.39 Å². The molecule has 88 valence electrons. The van der Waals surface area contributed by atoms with Crippen LogP contribution in [0.2, 0.25) is 0 Å². The van der Waals surface area contributed by atoms with Crippen molar-refractivity contribution in [3.63, 3.8) is 0 Å². The molecule has 0 radical (unpaired) electrons. The van der Waals surface area contributed by atoms with Crippen LogP contribution in [-0.2, 0) is 10.2 Å². The smallest absolute Gasteiger partial charge is 0.123 e. The fourth-order valence-electron chi connectivity index (χ4n) is 2.02. The summed E-state index contributed by atoms with van der Waals surface area (Å²) in [5, 5.41) is 3.38. The van der Waals surface area contributed by atoms with Crippen molar-refractivity contribution in [3.8, 4) is 0 Å². The molecule has 1 aliphatic carbocycles. The first-order valence-corrected chi connectivity index (χ1v) is 5.73. The fraction of sp³-hybridized carbons (Fsp3) is 0.538. The van der Waals surface area contributed by atoms with E-state index in [1.54, 1.807) is 19.2 Å². The Kier molecular flexibility index (Phi) is 3.56. The van der Waals surface area contributed by atoms with Crippen molar-refractivity contribution in [3.05, 3.63) is 35.6 Å². The van der Waals surface area contributed by atoms with E-state index >= 15 is 0 Å². The molecule has 0 aromatic heterocycles. The molecule has 1 aromatic rings. The van der Waals surface area contributed by atoms with Crippen LogP contribution in [0, 0.1) is 5.82 Å². The van der Waals surface area contributed by atoms with Crippen molar-refractivity contribution in [2.24, 2.45) is 0 Å². The van der Waals surface area contributed by atoms with E-state index in [1.165, 1.54) is 18.4 Å². The lowest BCUT2D eigenvalue weighted by Crippen LogP contribution is -2.29. The highest BCUT2D eigenvalue weighted by atomic mass is 19.1. The van der Waals surface area contributed by atoms with Crippen LogP contribution in [0.5, 0.6) is 0 Å². The molecular formula is C13H18FNO. The van der Waals surface area contributed by atoms with E-state index in [4.69, 9.17) is 4.74 Å². The minimum atomic E-state index is -0.160. The molecule has 0 unspecified atom stereocenters. The number of hydrogen-bond donors (Lipinski definition) is 1. The molecule has 2 rings (SSSR count). The molecule has 1 aromatic carbocycles. The summed E-state index contributed by atoms with van der Waals surface area (Å²) >= 11 is 0. The predicted molar refractivity (Wildman–Crippen MR) is 62.1 cm³/mol. The molecule has 1 saturated carbocycles. The van der Waals surface area contributed by atoms with Crippen molar-refractivity contribution in [1.82, 2.24) is 5.32 Å². The molecule has 0 spiro atoms. The zero-order chi connectivity index (χ0) is 11.4. The van der Waals surface area contributed by atoms with Crippen molar-refractivity contribution < 1.29 is 9.13 Å². The number of ether oxygens (including phenoxy) is 1. The van der Waals surface area contributed by atoms with Crippen LogP contribution < -0.4 is 5.32 Å². The maximum atomic E-state index is 12.8. The SMILES string of the molecule is COCCNCC1(c2ccc(F)cc2)CC1. The molecular weight excluding hydrogens is 205 g/mol. The summed E-state index contributed by atoms with van der Waals surface area (Å²) < 4.78 is 17.8. The molecule has 3 heteroatoms. The average molecular weight is 223 g/mol. The molecule has 16 heavy (non-hydrogen) atoms. The van der Waals surface area contributed by atoms with Gasteiger partial charge in [-0.1, -0.05) is 12.1 Å². The lowest BCUT2D eigenvalue weighted by Gasteiger charge is -2.16. The van der Waals surface area contributed by atoms with Gasteiger partial charge in [0, 0.05) is 25.6 Å². The van der Waals surface area contributed by atoms with E-state index in [1.807, 2.05) is 12.1 Å². The van der Waals surface area contributed by atoms with E-state index in [0.29, 0.717) is 0 Å². The molecule has 0 amide bonds. The monoisotopic (exact) mass is 223 g/mol. The zero-order valence-corrected chi connectivity index (χ0v) is 9.63. The van der Waals surface area contributed by atoms with Gasteiger partial charge in [-0.2, -0.15) is 0 Å². The van der Waals surface area contributed by atoms with Crippen LogP contribution in [0.25, 0.3) is 0 Å². The van der Waals surface area contributed by atoms with Crippen LogP contribution in [0.3, 0.4) is 0 Å². The van der Waals surface area contributed by atoms with Gasteiger partial charge in [-0.15, -0.1) is 0 Å². The second-order valence-corrected chi connectivity index (χ2v) is 4.46. The number of halogens is 1. The highest BCUT2D eigenvalue weighted by Gasteiger charge is 2.43. The minimum absolute atomic E-state index is 0.160. The van der Waals surface area contributed by atoms with Crippen LogP contribution in [-0.4, -0.2) is 26.8 Å². The number of benzene rings is 1. The highest BCUT2D eigenvalue weighted by molar-refractivity contribution is 5.32. The summed E-state index contributed by atoms with van der Waals surface area (Å²) in [6, 6.07) is 6.90. The van der Waals surface area contributed by atoms with Crippen molar-refractivity contribution >= 4 is 0 Å². The third kappa shape index (κ3) is 2.60. The van der Waals surface area contributed by atoms with Gasteiger partial charge in [0.1, 0.15) is 5.82 Å². The van der Waals surface area contributed by atoms with Crippen LogP contribution >= 0.6 is 0 Å². The average Bonchev–Trinajstić information content (AvgIpc) is 3.07. The molecule has 1 N–H and O–H groups in total. The van der Waals surface area contributed by atoms with Gasteiger partial charge in [-0.3, -0.25) is 0 Å². The second-order valence-electron chi connectivity index (χ2n) is 4.46. The lowest BCUT2D eigenvalue weighted by molar-refractivity contribution is 0.198. The standard InChI is InChI=1S/C13H18FNO/c1-16-9-8-15-10-13(6-7-13)11-2-4-12(14)5-3-11/h2-5,15H,6-10H2,1H3. The quantitative estimate of drug-likeness (QED) is 0.746. The van der Waals surface area contributed by atoms with Gasteiger partial charge < -0.3 is 10.1 Å². The molecule has 0 saturated heterocycles. The summed E-state index contributed by atoms with van der Waals surface area (Å²) in [5.74, 6) is -0.160. The minimum Gasteiger partial charge on any atom is -0.383 e. The lowest BCUT2D eigenvalue weighted by atomic mass is 9.96. The topological polar surface area (TPSA) is 21.3 Å². The van der Waals surface area contributed by atoms with Gasteiger partial charge in [0.05, 0.1) is 6.61 Å². The predicted octanol–water partition coefficient (Wildman–Crippen LogP) is 2.09. The van der Waals surface area contributed by atoms with E-state index in [0.717, 1.165) is 19.7 Å². The maximum Gasteiger partial charge on any atom is 0.123 e. The largest absolute Gasteiger partial charge is 0.383 e. The summed E-state index contributed by atoms with van der Waals surface area (Å²) in [4.78, 5) is 0. The summed E-state index contributed by atoms with van der Waals surface area (Å²) in [6.07, 6.45) is 2.39. The summed E-state index contributed by atoms with van der Waals surface area (Å²) in [7, 11) is 1.70. The number of hydrogen-bond acceptors (Lipinski definition) is 2.